The molecule has 0 saturated carbocycles. The highest BCUT2D eigenvalue weighted by atomic mass is 16.1. The highest BCUT2D eigenvalue weighted by Crippen LogP contribution is 2.18. The smallest absolute Gasteiger partial charge is 0.270 e. The van der Waals surface area contributed by atoms with Crippen molar-refractivity contribution in [2.45, 2.75) is 39.8 Å². The number of carbonyl (C=O) groups excluding carboxylic acids is 1. The van der Waals surface area contributed by atoms with E-state index in [1.54, 1.807) is 19.2 Å². The number of carbonyl (C=O) groups is 1. The van der Waals surface area contributed by atoms with Crippen LogP contribution in [-0.2, 0) is 6.54 Å². The van der Waals surface area contributed by atoms with E-state index in [9.17, 15) is 4.79 Å². The lowest BCUT2D eigenvalue weighted by molar-refractivity contribution is 0.0928. The number of imidazole rings is 1. The minimum atomic E-state index is -0.185. The molecule has 26 heavy (non-hydrogen) atoms. The SMILES string of the molecule is Cc1cc(C(=O)N[C@@H](CCn2ccnc2C)c2ccccc2)nc(C)n1. The molecule has 0 aliphatic carbocycles. The zero-order chi connectivity index (χ0) is 18.5. The maximum Gasteiger partial charge on any atom is 0.270 e. The number of aromatic nitrogens is 4. The summed E-state index contributed by atoms with van der Waals surface area (Å²) in [4.78, 5) is 25.5. The Morgan fingerprint density at radius 3 is 2.58 bits per heavy atom. The van der Waals surface area contributed by atoms with Crippen molar-refractivity contribution in [1.82, 2.24) is 24.8 Å². The molecular weight excluding hydrogens is 326 g/mol. The Kier molecular flexibility index (Phi) is 5.41. The number of aryl methyl sites for hydroxylation is 4. The molecule has 0 unspecified atom stereocenters. The zero-order valence-electron chi connectivity index (χ0n) is 15.3. The van der Waals surface area contributed by atoms with Crippen LogP contribution < -0.4 is 5.32 Å². The summed E-state index contributed by atoms with van der Waals surface area (Å²) in [6.45, 7) is 6.40. The number of rotatable bonds is 6. The van der Waals surface area contributed by atoms with Gasteiger partial charge in [-0.3, -0.25) is 4.79 Å². The fourth-order valence-electron chi connectivity index (χ4n) is 2.98. The lowest BCUT2D eigenvalue weighted by atomic mass is 10.0. The van der Waals surface area contributed by atoms with Crippen LogP contribution in [0.15, 0.2) is 48.8 Å². The van der Waals surface area contributed by atoms with Gasteiger partial charge in [-0.25, -0.2) is 15.0 Å². The van der Waals surface area contributed by atoms with Crippen LogP contribution >= 0.6 is 0 Å². The van der Waals surface area contributed by atoms with Gasteiger partial charge in [-0.05, 0) is 38.8 Å². The topological polar surface area (TPSA) is 72.7 Å². The van der Waals surface area contributed by atoms with Crippen LogP contribution in [0.2, 0.25) is 0 Å². The average molecular weight is 349 g/mol. The molecule has 1 N–H and O–H groups in total. The van der Waals surface area contributed by atoms with Gasteiger partial charge in [-0.15, -0.1) is 0 Å². The van der Waals surface area contributed by atoms with Crippen molar-refractivity contribution in [3.8, 4) is 0 Å². The predicted octanol–water partition coefficient (Wildman–Crippen LogP) is 3.16. The minimum Gasteiger partial charge on any atom is -0.344 e. The largest absolute Gasteiger partial charge is 0.344 e. The number of hydrogen-bond donors (Lipinski definition) is 1. The molecule has 1 amide bonds. The molecule has 6 nitrogen and oxygen atoms in total. The molecular formula is C20H23N5O. The Labute approximate surface area is 153 Å². The third-order valence-corrected chi connectivity index (χ3v) is 4.29. The molecule has 2 aromatic heterocycles. The van der Waals surface area contributed by atoms with Crippen LogP contribution in [0.4, 0.5) is 0 Å². The summed E-state index contributed by atoms with van der Waals surface area (Å²) in [5.41, 5.74) is 2.25. The Morgan fingerprint density at radius 2 is 1.92 bits per heavy atom. The van der Waals surface area contributed by atoms with Crippen LogP contribution in [0.1, 0.15) is 45.9 Å². The van der Waals surface area contributed by atoms with Crippen molar-refractivity contribution in [1.29, 1.82) is 0 Å². The van der Waals surface area contributed by atoms with Crippen LogP contribution in [0.25, 0.3) is 0 Å². The standard InChI is InChI=1S/C20H23N5O/c1-14-13-19(23-15(2)22-14)20(26)24-18(17-7-5-4-6-8-17)9-11-25-12-10-21-16(25)3/h4-8,10,12-13,18H,9,11H2,1-3H3,(H,24,26)/t18-/m0/s1. The summed E-state index contributed by atoms with van der Waals surface area (Å²) in [5.74, 6) is 1.38. The molecule has 134 valence electrons. The molecule has 0 radical (unpaired) electrons. The van der Waals surface area contributed by atoms with Gasteiger partial charge in [0.05, 0.1) is 6.04 Å². The van der Waals surface area contributed by atoms with E-state index in [4.69, 9.17) is 0 Å². The second kappa shape index (κ2) is 7.91. The van der Waals surface area contributed by atoms with Crippen LogP contribution in [0.3, 0.4) is 0 Å². The number of hydrogen-bond acceptors (Lipinski definition) is 4. The Hall–Kier alpha value is -3.02. The van der Waals surface area contributed by atoms with Crippen LogP contribution in [0, 0.1) is 20.8 Å². The molecule has 0 saturated heterocycles. The molecule has 2 heterocycles. The van der Waals surface area contributed by atoms with Gasteiger partial charge < -0.3 is 9.88 Å². The monoisotopic (exact) mass is 349 g/mol. The number of nitrogens with zero attached hydrogens (tertiary/aromatic N) is 4. The maximum absolute atomic E-state index is 12.7. The number of benzene rings is 1. The van der Waals surface area contributed by atoms with Crippen molar-refractivity contribution in [2.75, 3.05) is 0 Å². The Balaban J connectivity index is 1.79. The maximum atomic E-state index is 12.7. The summed E-state index contributed by atoms with van der Waals surface area (Å²) < 4.78 is 2.08. The van der Waals surface area contributed by atoms with Gasteiger partial charge in [0, 0.05) is 24.6 Å². The molecule has 3 rings (SSSR count). The van der Waals surface area contributed by atoms with E-state index < -0.39 is 0 Å². The second-order valence-corrected chi connectivity index (χ2v) is 6.34. The molecule has 0 fully saturated rings. The quantitative estimate of drug-likeness (QED) is 0.742. The average Bonchev–Trinajstić information content (AvgIpc) is 3.03. The summed E-state index contributed by atoms with van der Waals surface area (Å²) in [7, 11) is 0. The third-order valence-electron chi connectivity index (χ3n) is 4.29. The molecule has 0 spiro atoms. The van der Waals surface area contributed by atoms with E-state index in [0.29, 0.717) is 11.5 Å². The van der Waals surface area contributed by atoms with E-state index in [1.807, 2.05) is 50.4 Å². The Morgan fingerprint density at radius 1 is 1.15 bits per heavy atom. The highest BCUT2D eigenvalue weighted by molar-refractivity contribution is 5.92. The molecule has 0 bridgehead atoms. The van der Waals surface area contributed by atoms with Crippen molar-refractivity contribution >= 4 is 5.91 Å². The zero-order valence-corrected chi connectivity index (χ0v) is 15.3. The van der Waals surface area contributed by atoms with E-state index >= 15 is 0 Å². The number of amides is 1. The third kappa shape index (κ3) is 4.33. The van der Waals surface area contributed by atoms with Gasteiger partial charge >= 0.3 is 0 Å². The summed E-state index contributed by atoms with van der Waals surface area (Å²) in [6.07, 6.45) is 4.50. The summed E-state index contributed by atoms with van der Waals surface area (Å²) in [6, 6.07) is 11.6. The molecule has 0 aliphatic rings. The van der Waals surface area contributed by atoms with Gasteiger partial charge in [-0.2, -0.15) is 0 Å². The van der Waals surface area contributed by atoms with Gasteiger partial charge in [0.15, 0.2) is 0 Å². The van der Waals surface area contributed by atoms with Gasteiger partial charge in [-0.1, -0.05) is 30.3 Å². The van der Waals surface area contributed by atoms with Crippen molar-refractivity contribution in [3.63, 3.8) is 0 Å². The highest BCUT2D eigenvalue weighted by Gasteiger charge is 2.17. The summed E-state index contributed by atoms with van der Waals surface area (Å²) in [5, 5.41) is 3.12. The van der Waals surface area contributed by atoms with Crippen molar-refractivity contribution in [3.05, 3.63) is 77.4 Å². The summed E-state index contributed by atoms with van der Waals surface area (Å²) >= 11 is 0. The van der Waals surface area contributed by atoms with Crippen molar-refractivity contribution < 1.29 is 4.79 Å². The van der Waals surface area contributed by atoms with E-state index in [0.717, 1.165) is 30.0 Å². The van der Waals surface area contributed by atoms with Crippen LogP contribution in [0.5, 0.6) is 0 Å². The molecule has 1 atom stereocenters. The molecule has 3 aromatic rings. The van der Waals surface area contributed by atoms with Crippen molar-refractivity contribution in [2.24, 2.45) is 0 Å². The number of nitrogens with one attached hydrogen (secondary N) is 1. The van der Waals surface area contributed by atoms with Gasteiger partial charge in [0.2, 0.25) is 0 Å². The fourth-order valence-corrected chi connectivity index (χ4v) is 2.98. The van der Waals surface area contributed by atoms with Gasteiger partial charge in [0.25, 0.3) is 5.91 Å². The first-order valence-corrected chi connectivity index (χ1v) is 8.69. The molecule has 1 aromatic carbocycles. The van der Waals surface area contributed by atoms with Gasteiger partial charge in [0.1, 0.15) is 17.3 Å². The molecule has 6 heteroatoms. The lowest BCUT2D eigenvalue weighted by Crippen LogP contribution is -2.30. The molecule has 0 aliphatic heterocycles. The first-order chi connectivity index (χ1) is 12.5. The first kappa shape index (κ1) is 17.8. The fraction of sp³-hybridized carbons (Fsp3) is 0.300. The first-order valence-electron chi connectivity index (χ1n) is 8.69. The predicted molar refractivity (Wildman–Crippen MR) is 99.7 cm³/mol. The van der Waals surface area contributed by atoms with Crippen LogP contribution in [-0.4, -0.2) is 25.4 Å². The Bertz CT molecular complexity index is 868. The van der Waals surface area contributed by atoms with E-state index in [2.05, 4.69) is 24.8 Å². The van der Waals surface area contributed by atoms with E-state index in [-0.39, 0.29) is 11.9 Å². The second-order valence-electron chi connectivity index (χ2n) is 6.34. The minimum absolute atomic E-state index is 0.110. The van der Waals surface area contributed by atoms with E-state index in [1.165, 1.54) is 0 Å². The normalized spacial score (nSPS) is 12.0. The lowest BCUT2D eigenvalue weighted by Gasteiger charge is -2.20.